The monoisotopic (exact) mass is 369 g/mol. The molecular formula is C18H16FN5O3. The summed E-state index contributed by atoms with van der Waals surface area (Å²) in [6.07, 6.45) is 1.23. The minimum absolute atomic E-state index is 0.155. The summed E-state index contributed by atoms with van der Waals surface area (Å²) in [7, 11) is 1.44. The Morgan fingerprint density at radius 1 is 1.19 bits per heavy atom. The van der Waals surface area contributed by atoms with Crippen LogP contribution in [-0.2, 0) is 6.54 Å². The maximum atomic E-state index is 13.0. The van der Waals surface area contributed by atoms with Crippen molar-refractivity contribution in [2.75, 3.05) is 13.7 Å². The quantitative estimate of drug-likeness (QED) is 0.703. The average molecular weight is 369 g/mol. The third-order valence-electron chi connectivity index (χ3n) is 3.70. The van der Waals surface area contributed by atoms with Crippen molar-refractivity contribution in [1.82, 2.24) is 25.1 Å². The molecular weight excluding hydrogens is 353 g/mol. The van der Waals surface area contributed by atoms with Gasteiger partial charge in [-0.25, -0.2) is 19.0 Å². The van der Waals surface area contributed by atoms with Gasteiger partial charge in [-0.15, -0.1) is 0 Å². The zero-order valence-corrected chi connectivity index (χ0v) is 14.4. The molecule has 0 bridgehead atoms. The molecule has 0 unspecified atom stereocenters. The van der Waals surface area contributed by atoms with E-state index in [-0.39, 0.29) is 36.0 Å². The Morgan fingerprint density at radius 2 is 1.96 bits per heavy atom. The molecule has 9 heteroatoms. The largest absolute Gasteiger partial charge is 0.481 e. The number of methoxy groups -OCH3 is 1. The maximum Gasteiger partial charge on any atom is 0.270 e. The van der Waals surface area contributed by atoms with Crippen molar-refractivity contribution in [3.8, 4) is 17.1 Å². The van der Waals surface area contributed by atoms with Gasteiger partial charge in [-0.3, -0.25) is 9.59 Å². The number of hydrogen-bond acceptors (Lipinski definition) is 6. The van der Waals surface area contributed by atoms with Crippen molar-refractivity contribution in [3.63, 3.8) is 0 Å². The van der Waals surface area contributed by atoms with Gasteiger partial charge in [-0.05, 0) is 30.3 Å². The van der Waals surface area contributed by atoms with E-state index in [2.05, 4.69) is 20.4 Å². The Kier molecular flexibility index (Phi) is 5.50. The second-order valence-corrected chi connectivity index (χ2v) is 5.49. The van der Waals surface area contributed by atoms with E-state index in [9.17, 15) is 14.0 Å². The number of halogens is 1. The molecule has 0 fully saturated rings. The summed E-state index contributed by atoms with van der Waals surface area (Å²) in [4.78, 5) is 31.8. The third-order valence-corrected chi connectivity index (χ3v) is 3.70. The first kappa shape index (κ1) is 18.2. The summed E-state index contributed by atoms with van der Waals surface area (Å²) in [6.45, 7) is 0.340. The van der Waals surface area contributed by atoms with Crippen LogP contribution >= 0.6 is 0 Å². The van der Waals surface area contributed by atoms with E-state index in [4.69, 9.17) is 4.74 Å². The van der Waals surface area contributed by atoms with Gasteiger partial charge in [-0.2, -0.15) is 5.10 Å². The van der Waals surface area contributed by atoms with Crippen LogP contribution in [0.15, 0.2) is 53.6 Å². The number of benzene rings is 1. The molecule has 2 aromatic heterocycles. The lowest BCUT2D eigenvalue weighted by Crippen LogP contribution is -2.32. The molecule has 3 aromatic rings. The summed E-state index contributed by atoms with van der Waals surface area (Å²) in [5, 5.41) is 6.91. The Morgan fingerprint density at radius 3 is 2.70 bits per heavy atom. The molecule has 0 aliphatic rings. The molecule has 0 aliphatic heterocycles. The molecule has 1 aromatic carbocycles. The molecule has 2 heterocycles. The van der Waals surface area contributed by atoms with E-state index < -0.39 is 5.91 Å². The predicted molar refractivity (Wildman–Crippen MR) is 94.8 cm³/mol. The lowest BCUT2D eigenvalue weighted by atomic mass is 10.1. The topological polar surface area (TPSA) is 99.0 Å². The van der Waals surface area contributed by atoms with Crippen LogP contribution in [-0.4, -0.2) is 39.3 Å². The van der Waals surface area contributed by atoms with E-state index >= 15 is 0 Å². The summed E-state index contributed by atoms with van der Waals surface area (Å²) < 4.78 is 19.2. The first-order chi connectivity index (χ1) is 13.1. The van der Waals surface area contributed by atoms with Crippen LogP contribution in [0.3, 0.4) is 0 Å². The molecule has 0 spiro atoms. The van der Waals surface area contributed by atoms with Crippen LogP contribution < -0.4 is 15.6 Å². The van der Waals surface area contributed by atoms with Gasteiger partial charge in [0.15, 0.2) is 0 Å². The smallest absolute Gasteiger partial charge is 0.270 e. The van der Waals surface area contributed by atoms with E-state index in [1.807, 2.05) is 0 Å². The van der Waals surface area contributed by atoms with E-state index in [0.29, 0.717) is 11.3 Å². The summed E-state index contributed by atoms with van der Waals surface area (Å²) in [5.41, 5.74) is 1.06. The number of aromatic nitrogens is 4. The molecule has 0 atom stereocenters. The van der Waals surface area contributed by atoms with Crippen LogP contribution in [0.5, 0.6) is 5.88 Å². The van der Waals surface area contributed by atoms with Crippen LogP contribution in [0.1, 0.15) is 10.5 Å². The van der Waals surface area contributed by atoms with Gasteiger partial charge in [0.2, 0.25) is 5.88 Å². The number of hydrogen-bond donors (Lipinski definition) is 1. The number of amides is 1. The Bertz CT molecular complexity index is 1000. The first-order valence-corrected chi connectivity index (χ1v) is 8.05. The molecule has 1 amide bonds. The van der Waals surface area contributed by atoms with Crippen molar-refractivity contribution in [3.05, 3.63) is 70.7 Å². The second-order valence-electron chi connectivity index (χ2n) is 5.49. The second kappa shape index (κ2) is 8.17. The molecule has 138 valence electrons. The Labute approximate surface area is 153 Å². The van der Waals surface area contributed by atoms with E-state index in [0.717, 1.165) is 0 Å². The minimum Gasteiger partial charge on any atom is -0.481 e. The number of carbonyl (C=O) groups excluding carboxylic acids is 1. The molecule has 0 saturated carbocycles. The minimum atomic E-state index is -0.418. The third kappa shape index (κ3) is 4.51. The lowest BCUT2D eigenvalue weighted by Gasteiger charge is -2.08. The van der Waals surface area contributed by atoms with Crippen molar-refractivity contribution >= 4 is 5.91 Å². The highest BCUT2D eigenvalue weighted by molar-refractivity contribution is 5.92. The van der Waals surface area contributed by atoms with Gasteiger partial charge >= 0.3 is 0 Å². The normalized spacial score (nSPS) is 10.4. The molecule has 0 radical (unpaired) electrons. The average Bonchev–Trinajstić information content (AvgIpc) is 2.70. The SMILES string of the molecule is COc1cc(C(=O)NCCn2nc(-c3ccc(F)cc3)ccc2=O)ncn1. The van der Waals surface area contributed by atoms with Crippen LogP contribution in [0.25, 0.3) is 11.3 Å². The van der Waals surface area contributed by atoms with E-state index in [1.54, 1.807) is 18.2 Å². The van der Waals surface area contributed by atoms with Crippen molar-refractivity contribution in [2.45, 2.75) is 6.54 Å². The number of ether oxygens (including phenoxy) is 1. The maximum absolute atomic E-state index is 13.0. The highest BCUT2D eigenvalue weighted by Crippen LogP contribution is 2.15. The zero-order valence-electron chi connectivity index (χ0n) is 14.4. The van der Waals surface area contributed by atoms with Gasteiger partial charge in [0.05, 0.1) is 19.3 Å². The van der Waals surface area contributed by atoms with Gasteiger partial charge < -0.3 is 10.1 Å². The van der Waals surface area contributed by atoms with Gasteiger partial charge in [-0.1, -0.05) is 0 Å². The number of nitrogens with one attached hydrogen (secondary N) is 1. The van der Waals surface area contributed by atoms with Crippen LogP contribution in [0.2, 0.25) is 0 Å². The van der Waals surface area contributed by atoms with E-state index in [1.165, 1.54) is 42.4 Å². The van der Waals surface area contributed by atoms with Crippen LogP contribution in [0, 0.1) is 5.82 Å². The molecule has 1 N–H and O–H groups in total. The summed E-state index contributed by atoms with van der Waals surface area (Å²) in [5.74, 6) is -0.491. The highest BCUT2D eigenvalue weighted by atomic mass is 19.1. The summed E-state index contributed by atoms with van der Waals surface area (Å²) >= 11 is 0. The molecule has 8 nitrogen and oxygen atoms in total. The highest BCUT2D eigenvalue weighted by Gasteiger charge is 2.09. The molecule has 27 heavy (non-hydrogen) atoms. The molecule has 0 saturated heterocycles. The fourth-order valence-electron chi connectivity index (χ4n) is 2.32. The number of nitrogens with zero attached hydrogens (tertiary/aromatic N) is 4. The lowest BCUT2D eigenvalue weighted by molar-refractivity contribution is 0.0946. The fraction of sp³-hybridized carbons (Fsp3) is 0.167. The van der Waals surface area contributed by atoms with Crippen LogP contribution in [0.4, 0.5) is 4.39 Å². The Balaban J connectivity index is 1.67. The standard InChI is InChI=1S/C18H16FN5O3/c1-27-16-10-15(21-11-22-16)18(26)20-8-9-24-17(25)7-6-14(23-24)12-2-4-13(19)5-3-12/h2-7,10-11H,8-9H2,1H3,(H,20,26). The molecule has 3 rings (SSSR count). The Hall–Kier alpha value is -3.62. The van der Waals surface area contributed by atoms with Crippen molar-refractivity contribution < 1.29 is 13.9 Å². The number of carbonyl (C=O) groups is 1. The summed E-state index contributed by atoms with van der Waals surface area (Å²) in [6, 6.07) is 10.2. The fourth-order valence-corrected chi connectivity index (χ4v) is 2.32. The van der Waals surface area contributed by atoms with Crippen molar-refractivity contribution in [1.29, 1.82) is 0 Å². The van der Waals surface area contributed by atoms with Gasteiger partial charge in [0.1, 0.15) is 17.8 Å². The van der Waals surface area contributed by atoms with Gasteiger partial charge in [0, 0.05) is 24.2 Å². The van der Waals surface area contributed by atoms with Gasteiger partial charge in [0.25, 0.3) is 11.5 Å². The zero-order chi connectivity index (χ0) is 19.2. The molecule has 0 aliphatic carbocycles. The number of rotatable bonds is 6. The predicted octanol–water partition coefficient (Wildman–Crippen LogP) is 1.28. The first-order valence-electron chi connectivity index (χ1n) is 8.05. The van der Waals surface area contributed by atoms with Crippen molar-refractivity contribution in [2.24, 2.45) is 0 Å².